The largest absolute Gasteiger partial charge is 0.356 e. The average Bonchev–Trinajstić information content (AvgIpc) is 2.85. The van der Waals surface area contributed by atoms with Gasteiger partial charge in [0.2, 0.25) is 5.13 Å². The molecule has 0 aliphatic carbocycles. The molecule has 1 aromatic heterocycles. The van der Waals surface area contributed by atoms with E-state index in [-0.39, 0.29) is 12.5 Å². The second kappa shape index (κ2) is 5.92. The van der Waals surface area contributed by atoms with Gasteiger partial charge in [-0.3, -0.25) is 0 Å². The van der Waals surface area contributed by atoms with Gasteiger partial charge in [0, 0.05) is 24.0 Å². The van der Waals surface area contributed by atoms with E-state index in [1.165, 1.54) is 17.6 Å². The molecule has 0 aliphatic rings. The van der Waals surface area contributed by atoms with Gasteiger partial charge in [-0.25, -0.2) is 13.8 Å². The fourth-order valence-corrected chi connectivity index (χ4v) is 2.26. The number of hydrogen-bond acceptors (Lipinski definition) is 5. The minimum absolute atomic E-state index is 0.215. The van der Waals surface area contributed by atoms with E-state index in [2.05, 4.69) is 14.7 Å². The second-order valence-electron chi connectivity index (χ2n) is 4.51. The van der Waals surface area contributed by atoms with E-state index < -0.39 is 17.2 Å². The summed E-state index contributed by atoms with van der Waals surface area (Å²) in [4.78, 5) is 4.26. The molecule has 0 spiro atoms. The molecule has 1 N–H and O–H groups in total. The molecule has 0 bridgehead atoms. The first-order valence-corrected chi connectivity index (χ1v) is 6.74. The van der Waals surface area contributed by atoms with Crippen LogP contribution in [0.2, 0.25) is 0 Å². The van der Waals surface area contributed by atoms with Crippen molar-refractivity contribution in [3.8, 4) is 6.07 Å². The lowest BCUT2D eigenvalue weighted by molar-refractivity contribution is 0.574. The van der Waals surface area contributed by atoms with Gasteiger partial charge in [0.25, 0.3) is 0 Å². The van der Waals surface area contributed by atoms with E-state index >= 15 is 0 Å². The van der Waals surface area contributed by atoms with E-state index in [0.717, 1.165) is 18.0 Å². The van der Waals surface area contributed by atoms with Gasteiger partial charge in [-0.15, -0.1) is 0 Å². The number of nitrogens with zero attached hydrogens (tertiary/aromatic N) is 3. The molecule has 2 aromatic rings. The Morgan fingerprint density at radius 1 is 1.35 bits per heavy atom. The van der Waals surface area contributed by atoms with Crippen molar-refractivity contribution in [1.82, 2.24) is 9.36 Å². The van der Waals surface area contributed by atoms with Crippen molar-refractivity contribution < 1.29 is 8.78 Å². The lowest BCUT2D eigenvalue weighted by atomic mass is 10.1. The van der Waals surface area contributed by atoms with Gasteiger partial charge >= 0.3 is 0 Å². The van der Waals surface area contributed by atoms with Gasteiger partial charge in [0.15, 0.2) is 0 Å². The fraction of sp³-hybridized carbons (Fsp3) is 0.308. The van der Waals surface area contributed by atoms with Crippen LogP contribution in [0.25, 0.3) is 0 Å². The van der Waals surface area contributed by atoms with E-state index in [9.17, 15) is 8.78 Å². The highest BCUT2D eigenvalue weighted by Gasteiger charge is 2.11. The SMILES string of the molecule is CC(C)c1nsc(NCc2cc(F)c(C#N)c(F)c2)n1. The van der Waals surface area contributed by atoms with Gasteiger partial charge in [0.1, 0.15) is 29.1 Å². The van der Waals surface area contributed by atoms with Gasteiger partial charge in [-0.1, -0.05) is 13.8 Å². The summed E-state index contributed by atoms with van der Waals surface area (Å²) in [6.07, 6.45) is 0. The van der Waals surface area contributed by atoms with Crippen LogP contribution >= 0.6 is 11.5 Å². The number of hydrogen-bond donors (Lipinski definition) is 1. The Bertz CT molecular complexity index is 638. The van der Waals surface area contributed by atoms with E-state index in [0.29, 0.717) is 10.7 Å². The summed E-state index contributed by atoms with van der Waals surface area (Å²) in [5, 5.41) is 12.1. The molecular weight excluding hydrogens is 282 g/mol. The third kappa shape index (κ3) is 3.08. The molecule has 20 heavy (non-hydrogen) atoms. The highest BCUT2D eigenvalue weighted by Crippen LogP contribution is 2.19. The monoisotopic (exact) mass is 294 g/mol. The fourth-order valence-electron chi connectivity index (χ4n) is 1.55. The molecule has 2 rings (SSSR count). The van der Waals surface area contributed by atoms with Crippen molar-refractivity contribution in [2.75, 3.05) is 5.32 Å². The van der Waals surface area contributed by atoms with Gasteiger partial charge < -0.3 is 5.32 Å². The minimum atomic E-state index is -0.857. The minimum Gasteiger partial charge on any atom is -0.356 e. The Morgan fingerprint density at radius 3 is 2.50 bits per heavy atom. The molecule has 1 heterocycles. The zero-order valence-electron chi connectivity index (χ0n) is 10.9. The molecule has 1 aromatic carbocycles. The number of anilines is 1. The van der Waals surface area contributed by atoms with Crippen molar-refractivity contribution in [3.63, 3.8) is 0 Å². The molecule has 0 unspecified atom stereocenters. The number of halogens is 2. The molecule has 104 valence electrons. The first-order valence-electron chi connectivity index (χ1n) is 5.96. The second-order valence-corrected chi connectivity index (χ2v) is 5.26. The van der Waals surface area contributed by atoms with Crippen molar-refractivity contribution in [1.29, 1.82) is 5.26 Å². The molecule has 0 fully saturated rings. The third-order valence-corrected chi connectivity index (χ3v) is 3.30. The Labute approximate surface area is 119 Å². The quantitative estimate of drug-likeness (QED) is 0.938. The zero-order valence-corrected chi connectivity index (χ0v) is 11.8. The van der Waals surface area contributed by atoms with Crippen LogP contribution in [0.1, 0.15) is 36.7 Å². The number of rotatable bonds is 4. The maximum atomic E-state index is 13.4. The Balaban J connectivity index is 2.09. The molecule has 0 radical (unpaired) electrons. The smallest absolute Gasteiger partial charge is 0.202 e. The Hall–Kier alpha value is -2.07. The molecule has 0 aliphatic heterocycles. The zero-order chi connectivity index (χ0) is 14.7. The molecule has 7 heteroatoms. The van der Waals surface area contributed by atoms with Crippen LogP contribution in [0.3, 0.4) is 0 Å². The summed E-state index contributed by atoms with van der Waals surface area (Å²) in [7, 11) is 0. The highest BCUT2D eigenvalue weighted by molar-refractivity contribution is 7.09. The topological polar surface area (TPSA) is 61.6 Å². The van der Waals surface area contributed by atoms with Crippen LogP contribution in [-0.4, -0.2) is 9.36 Å². The van der Waals surface area contributed by atoms with Crippen molar-refractivity contribution in [2.45, 2.75) is 26.3 Å². The van der Waals surface area contributed by atoms with Crippen LogP contribution in [-0.2, 0) is 6.54 Å². The first kappa shape index (κ1) is 14.3. The summed E-state index contributed by atoms with van der Waals surface area (Å²) in [6, 6.07) is 3.77. The van der Waals surface area contributed by atoms with Gasteiger partial charge in [-0.2, -0.15) is 9.64 Å². The van der Waals surface area contributed by atoms with E-state index in [4.69, 9.17) is 5.26 Å². The number of benzene rings is 1. The normalized spacial score (nSPS) is 10.6. The predicted octanol–water partition coefficient (Wildman–Crippen LogP) is 3.42. The predicted molar refractivity (Wildman–Crippen MR) is 72.4 cm³/mol. The lowest BCUT2D eigenvalue weighted by Crippen LogP contribution is -2.02. The Morgan fingerprint density at radius 2 is 2.00 bits per heavy atom. The number of nitriles is 1. The van der Waals surface area contributed by atoms with Crippen LogP contribution in [0.4, 0.5) is 13.9 Å². The van der Waals surface area contributed by atoms with E-state index in [1.807, 2.05) is 13.8 Å². The van der Waals surface area contributed by atoms with Crippen LogP contribution < -0.4 is 5.32 Å². The average molecular weight is 294 g/mol. The van der Waals surface area contributed by atoms with Crippen molar-refractivity contribution in [3.05, 3.63) is 40.7 Å². The Kier molecular flexibility index (Phi) is 4.25. The van der Waals surface area contributed by atoms with Gasteiger partial charge in [-0.05, 0) is 17.7 Å². The summed E-state index contributed by atoms with van der Waals surface area (Å²) in [5.74, 6) is -0.754. The van der Waals surface area contributed by atoms with E-state index in [1.54, 1.807) is 0 Å². The number of nitrogens with one attached hydrogen (secondary N) is 1. The summed E-state index contributed by atoms with van der Waals surface area (Å²) in [5.41, 5.74) is -0.160. The maximum Gasteiger partial charge on any atom is 0.202 e. The lowest BCUT2D eigenvalue weighted by Gasteiger charge is -2.04. The molecule has 0 amide bonds. The van der Waals surface area contributed by atoms with Crippen LogP contribution in [0, 0.1) is 23.0 Å². The van der Waals surface area contributed by atoms with Crippen molar-refractivity contribution >= 4 is 16.7 Å². The summed E-state index contributed by atoms with van der Waals surface area (Å²) in [6.45, 7) is 4.18. The molecular formula is C13H12F2N4S. The summed E-state index contributed by atoms with van der Waals surface area (Å²) < 4.78 is 31.0. The van der Waals surface area contributed by atoms with Crippen molar-refractivity contribution in [2.24, 2.45) is 0 Å². The van der Waals surface area contributed by atoms with Gasteiger partial charge in [0.05, 0.1) is 0 Å². The first-order chi connectivity index (χ1) is 9.51. The third-order valence-electron chi connectivity index (χ3n) is 2.62. The summed E-state index contributed by atoms with van der Waals surface area (Å²) >= 11 is 1.20. The van der Waals surface area contributed by atoms with Crippen LogP contribution in [0.5, 0.6) is 0 Å². The molecule has 0 saturated heterocycles. The van der Waals surface area contributed by atoms with Crippen LogP contribution in [0.15, 0.2) is 12.1 Å². The highest BCUT2D eigenvalue weighted by atomic mass is 32.1. The molecule has 0 atom stereocenters. The standard InChI is InChI=1S/C13H12F2N4S/c1-7(2)12-18-13(20-19-12)17-6-8-3-10(14)9(5-16)11(15)4-8/h3-4,7H,6H2,1-2H3,(H,17,18,19). The number of aromatic nitrogens is 2. The molecule has 4 nitrogen and oxygen atoms in total. The molecule has 0 saturated carbocycles. The maximum absolute atomic E-state index is 13.4.